The van der Waals surface area contributed by atoms with E-state index in [0.717, 1.165) is 29.7 Å². The molecule has 0 saturated carbocycles. The lowest BCUT2D eigenvalue weighted by molar-refractivity contribution is -0.148. The molecule has 1 amide bonds. The molecule has 0 fully saturated rings. The number of phenols is 1. The molecule has 6 rings (SSSR count). The molecule has 0 heterocycles. The van der Waals surface area contributed by atoms with E-state index in [4.69, 9.17) is 17.3 Å². The molecule has 10 nitrogen and oxygen atoms in total. The standard InChI is InChI=1S/C36H36ClN3O7/c1-40(2)30-25-16-21-15-24-23(20-7-3-19(4-8-20)17-39-14-13-18-5-9-22(37)10-6-18)11-12-26(41)28(24)31(42)27(21)33(44)36(25,47)34(45)29(32(30)43)35(38)46/h3-12,21,25,30,39,41,43-44,47H,13-17H2,1-2H3,(H2,38,46)/t21-,25-,30?,36-/m1/s1. The summed E-state index contributed by atoms with van der Waals surface area (Å²) >= 11 is 5.97. The number of amides is 1. The maximum Gasteiger partial charge on any atom is 0.255 e. The summed E-state index contributed by atoms with van der Waals surface area (Å²) in [5, 5.41) is 49.3. The lowest BCUT2D eigenvalue weighted by Crippen LogP contribution is -2.63. The van der Waals surface area contributed by atoms with E-state index in [-0.39, 0.29) is 29.7 Å². The summed E-state index contributed by atoms with van der Waals surface area (Å²) in [4.78, 5) is 41.2. The number of likely N-dealkylation sites (N-methyl/N-ethyl adjacent to an activating group) is 1. The molecule has 0 bridgehead atoms. The number of phenolic OH excluding ortho intramolecular Hbond substituents is 1. The van der Waals surface area contributed by atoms with Crippen LogP contribution in [0.5, 0.6) is 5.75 Å². The number of carbonyl (C=O) groups is 3. The predicted molar refractivity (Wildman–Crippen MR) is 176 cm³/mol. The van der Waals surface area contributed by atoms with Gasteiger partial charge in [0.25, 0.3) is 5.91 Å². The molecular weight excluding hydrogens is 622 g/mol. The Morgan fingerprint density at radius 3 is 2.30 bits per heavy atom. The molecule has 3 aromatic carbocycles. The molecule has 3 aromatic rings. The number of ketones is 2. The van der Waals surface area contributed by atoms with Crippen molar-refractivity contribution in [3.63, 3.8) is 0 Å². The first-order valence-electron chi connectivity index (χ1n) is 15.4. The minimum atomic E-state index is -2.67. The number of aliphatic hydroxyl groups excluding tert-OH is 2. The highest BCUT2D eigenvalue weighted by molar-refractivity contribution is 6.30. The number of nitrogens with zero attached hydrogens (tertiary/aromatic N) is 1. The average Bonchev–Trinajstić information content (AvgIpc) is 3.02. The Morgan fingerprint density at radius 1 is 1.00 bits per heavy atom. The number of halogens is 1. The van der Waals surface area contributed by atoms with Gasteiger partial charge in [-0.3, -0.25) is 19.3 Å². The zero-order valence-electron chi connectivity index (χ0n) is 26.0. The number of nitrogens with two attached hydrogens (primary N) is 1. The van der Waals surface area contributed by atoms with Gasteiger partial charge in [0.1, 0.15) is 22.8 Å². The maximum atomic E-state index is 14.0. The van der Waals surface area contributed by atoms with Crippen LogP contribution in [0, 0.1) is 11.8 Å². The van der Waals surface area contributed by atoms with Crippen LogP contribution < -0.4 is 11.1 Å². The van der Waals surface area contributed by atoms with Gasteiger partial charge < -0.3 is 31.5 Å². The predicted octanol–water partition coefficient (Wildman–Crippen LogP) is 3.77. The van der Waals surface area contributed by atoms with E-state index in [0.29, 0.717) is 17.1 Å². The number of allylic oxidation sites excluding steroid dienone is 1. The summed E-state index contributed by atoms with van der Waals surface area (Å²) in [5.74, 6) is -6.73. The van der Waals surface area contributed by atoms with Crippen LogP contribution in [0.1, 0.15) is 33.5 Å². The second kappa shape index (κ2) is 12.3. The van der Waals surface area contributed by atoms with E-state index in [9.17, 15) is 34.8 Å². The summed E-state index contributed by atoms with van der Waals surface area (Å²) in [5.41, 5.74) is 6.10. The minimum Gasteiger partial charge on any atom is -0.510 e. The Morgan fingerprint density at radius 2 is 1.66 bits per heavy atom. The van der Waals surface area contributed by atoms with E-state index in [1.807, 2.05) is 48.5 Å². The molecule has 3 aliphatic carbocycles. The highest BCUT2D eigenvalue weighted by atomic mass is 35.5. The van der Waals surface area contributed by atoms with Crippen LogP contribution in [0.2, 0.25) is 5.02 Å². The minimum absolute atomic E-state index is 0.0174. The van der Waals surface area contributed by atoms with Crippen LogP contribution in [-0.2, 0) is 29.0 Å². The van der Waals surface area contributed by atoms with Crippen molar-refractivity contribution in [3.8, 4) is 16.9 Å². The van der Waals surface area contributed by atoms with Gasteiger partial charge in [0.15, 0.2) is 11.4 Å². The summed E-state index contributed by atoms with van der Waals surface area (Å²) in [6.45, 7) is 1.44. The Balaban J connectivity index is 1.30. The van der Waals surface area contributed by atoms with Crippen LogP contribution in [0.4, 0.5) is 0 Å². The third-order valence-electron chi connectivity index (χ3n) is 9.70. The first kappa shape index (κ1) is 32.5. The molecule has 4 atom stereocenters. The van der Waals surface area contributed by atoms with Crippen LogP contribution in [-0.4, -0.2) is 75.1 Å². The number of aromatic hydroxyl groups is 1. The number of rotatable bonds is 8. The molecule has 3 aliphatic rings. The van der Waals surface area contributed by atoms with Crippen molar-refractivity contribution in [2.45, 2.75) is 37.5 Å². The second-order valence-corrected chi connectivity index (χ2v) is 13.1. The summed E-state index contributed by atoms with van der Waals surface area (Å²) in [7, 11) is 3.20. The Kier molecular flexibility index (Phi) is 8.48. The number of benzene rings is 3. The highest BCUT2D eigenvalue weighted by Crippen LogP contribution is 2.53. The van der Waals surface area contributed by atoms with Crippen molar-refractivity contribution < 1.29 is 34.8 Å². The quantitative estimate of drug-likeness (QED) is 0.156. The smallest absolute Gasteiger partial charge is 0.255 e. The van der Waals surface area contributed by atoms with Crippen molar-refractivity contribution in [2.24, 2.45) is 17.6 Å². The Hall–Kier alpha value is -4.48. The van der Waals surface area contributed by atoms with E-state index in [1.165, 1.54) is 16.5 Å². The van der Waals surface area contributed by atoms with Gasteiger partial charge in [-0.2, -0.15) is 0 Å². The number of hydrogen-bond donors (Lipinski definition) is 6. The Bertz CT molecular complexity index is 1850. The Labute approximate surface area is 276 Å². The second-order valence-electron chi connectivity index (χ2n) is 12.7. The first-order chi connectivity index (χ1) is 22.3. The summed E-state index contributed by atoms with van der Waals surface area (Å²) in [6, 6.07) is 17.8. The molecule has 0 aliphatic heterocycles. The molecule has 1 unspecified atom stereocenters. The number of aliphatic hydroxyl groups is 3. The van der Waals surface area contributed by atoms with Crippen LogP contribution in [0.15, 0.2) is 83.3 Å². The number of carbonyl (C=O) groups excluding carboxylic acids is 3. The lowest BCUT2D eigenvalue weighted by Gasteiger charge is -2.50. The molecule has 0 spiro atoms. The highest BCUT2D eigenvalue weighted by Gasteiger charge is 2.63. The normalized spacial score (nSPS) is 23.9. The van der Waals surface area contributed by atoms with Gasteiger partial charge in [-0.05, 0) is 91.8 Å². The van der Waals surface area contributed by atoms with Crippen LogP contribution >= 0.6 is 11.6 Å². The SMILES string of the molecule is CN(C)C1C(O)=C(C(N)=O)C(=O)[C@]2(O)C(O)=C3C(=O)c4c(O)ccc(-c5ccc(CNCCc6ccc(Cl)cc6)cc5)c4C[C@@H]3C[C@H]12. The fourth-order valence-electron chi connectivity index (χ4n) is 7.44. The number of Topliss-reactive ketones (excluding diaryl/α,β-unsaturated/α-hetero) is 2. The van der Waals surface area contributed by atoms with Crippen LogP contribution in [0.3, 0.4) is 0 Å². The van der Waals surface area contributed by atoms with Crippen LogP contribution in [0.25, 0.3) is 11.1 Å². The third-order valence-corrected chi connectivity index (χ3v) is 9.96. The van der Waals surface area contributed by atoms with Crippen molar-refractivity contribution in [3.05, 3.63) is 111 Å². The molecular formula is C36H36ClN3O7. The fraction of sp³-hybridized carbons (Fsp3) is 0.306. The van der Waals surface area contributed by atoms with Crippen molar-refractivity contribution in [1.82, 2.24) is 10.2 Å². The molecule has 7 N–H and O–H groups in total. The van der Waals surface area contributed by atoms with Gasteiger partial charge in [-0.15, -0.1) is 0 Å². The number of primary amides is 1. The lowest BCUT2D eigenvalue weighted by atomic mass is 9.58. The summed E-state index contributed by atoms with van der Waals surface area (Å²) < 4.78 is 0. The number of nitrogens with one attached hydrogen (secondary N) is 1. The van der Waals surface area contributed by atoms with Gasteiger partial charge in [-0.1, -0.05) is 54.1 Å². The van der Waals surface area contributed by atoms with Gasteiger partial charge in [0.2, 0.25) is 5.78 Å². The average molecular weight is 658 g/mol. The van der Waals surface area contributed by atoms with E-state index in [1.54, 1.807) is 20.2 Å². The topological polar surface area (TPSA) is 173 Å². The molecule has 0 saturated heterocycles. The zero-order valence-corrected chi connectivity index (χ0v) is 26.7. The molecule has 0 aromatic heterocycles. The third kappa shape index (κ3) is 5.41. The fourth-order valence-corrected chi connectivity index (χ4v) is 7.57. The summed E-state index contributed by atoms with van der Waals surface area (Å²) in [6.07, 6.45) is 1.10. The van der Waals surface area contributed by atoms with E-state index < -0.39 is 58.0 Å². The van der Waals surface area contributed by atoms with Crippen molar-refractivity contribution in [2.75, 3.05) is 20.6 Å². The number of fused-ring (bicyclic) bond motifs is 3. The zero-order chi connectivity index (χ0) is 33.8. The largest absolute Gasteiger partial charge is 0.510 e. The van der Waals surface area contributed by atoms with E-state index >= 15 is 0 Å². The van der Waals surface area contributed by atoms with E-state index in [2.05, 4.69) is 5.32 Å². The van der Waals surface area contributed by atoms with Gasteiger partial charge in [-0.25, -0.2) is 0 Å². The van der Waals surface area contributed by atoms with Crippen molar-refractivity contribution in [1.29, 1.82) is 0 Å². The molecule has 47 heavy (non-hydrogen) atoms. The first-order valence-corrected chi connectivity index (χ1v) is 15.8. The molecule has 0 radical (unpaired) electrons. The monoisotopic (exact) mass is 657 g/mol. The van der Waals surface area contributed by atoms with Crippen molar-refractivity contribution >= 4 is 29.1 Å². The molecule has 244 valence electrons. The maximum absolute atomic E-state index is 14.0. The van der Waals surface area contributed by atoms with Gasteiger partial charge in [0.05, 0.1) is 11.6 Å². The number of hydrogen-bond acceptors (Lipinski definition) is 9. The van der Waals surface area contributed by atoms with Gasteiger partial charge in [0, 0.05) is 23.1 Å². The molecule has 11 heteroatoms. The van der Waals surface area contributed by atoms with Gasteiger partial charge >= 0.3 is 0 Å².